The fourth-order valence-electron chi connectivity index (χ4n) is 4.50. The summed E-state index contributed by atoms with van der Waals surface area (Å²) in [7, 11) is 0. The van der Waals surface area contributed by atoms with Crippen LogP contribution in [0.5, 0.6) is 0 Å². The molecule has 1 atom stereocenters. The van der Waals surface area contributed by atoms with Crippen LogP contribution in [-0.2, 0) is 0 Å². The first kappa shape index (κ1) is 18.2. The van der Waals surface area contributed by atoms with Crippen molar-refractivity contribution in [2.24, 2.45) is 0 Å². The molecule has 9 heteroatoms. The van der Waals surface area contributed by atoms with E-state index < -0.39 is 6.17 Å². The van der Waals surface area contributed by atoms with E-state index in [-0.39, 0.29) is 11.9 Å². The molecule has 1 saturated heterocycles. The minimum atomic E-state index is -0.679. The van der Waals surface area contributed by atoms with E-state index in [9.17, 15) is 9.18 Å². The Bertz CT molecular complexity index is 994. The van der Waals surface area contributed by atoms with E-state index in [0.717, 1.165) is 32.2 Å². The molecule has 3 aromatic rings. The van der Waals surface area contributed by atoms with E-state index in [0.29, 0.717) is 36.2 Å². The zero-order valence-corrected chi connectivity index (χ0v) is 16.1. The SMILES string of the molecule is O=C(NC1CCC(N2CC[C@H](F)C2)CC1)c1cn2ccnc2c(-n2ccnc2)n1. The number of likely N-dealkylation sites (tertiary alicyclic amines) is 1. The van der Waals surface area contributed by atoms with Crippen LogP contribution in [0.15, 0.2) is 37.3 Å². The van der Waals surface area contributed by atoms with E-state index in [2.05, 4.69) is 25.2 Å². The maximum atomic E-state index is 13.5. The molecule has 0 aromatic carbocycles. The molecular weight excluding hydrogens is 373 g/mol. The van der Waals surface area contributed by atoms with Crippen molar-refractivity contribution in [2.75, 3.05) is 13.1 Å². The highest BCUT2D eigenvalue weighted by molar-refractivity contribution is 5.92. The van der Waals surface area contributed by atoms with Gasteiger partial charge in [0.2, 0.25) is 0 Å². The number of fused-ring (bicyclic) bond motifs is 1. The van der Waals surface area contributed by atoms with Gasteiger partial charge >= 0.3 is 0 Å². The zero-order valence-electron chi connectivity index (χ0n) is 16.1. The summed E-state index contributed by atoms with van der Waals surface area (Å²) in [6, 6.07) is 0.566. The molecule has 152 valence electrons. The molecule has 29 heavy (non-hydrogen) atoms. The van der Waals surface area contributed by atoms with Gasteiger partial charge in [-0.05, 0) is 32.1 Å². The third-order valence-electron chi connectivity index (χ3n) is 6.05. The number of hydrogen-bond donors (Lipinski definition) is 1. The molecule has 5 rings (SSSR count). The largest absolute Gasteiger partial charge is 0.348 e. The van der Waals surface area contributed by atoms with E-state index >= 15 is 0 Å². The predicted octanol–water partition coefficient (Wildman–Crippen LogP) is 2.00. The van der Waals surface area contributed by atoms with Gasteiger partial charge in [-0.2, -0.15) is 0 Å². The first-order valence-electron chi connectivity index (χ1n) is 10.2. The molecular formula is C20H24FN7O. The number of imidazole rings is 2. The predicted molar refractivity (Wildman–Crippen MR) is 105 cm³/mol. The number of hydrogen-bond acceptors (Lipinski definition) is 5. The summed E-state index contributed by atoms with van der Waals surface area (Å²) in [4.78, 5) is 28.1. The highest BCUT2D eigenvalue weighted by atomic mass is 19.1. The van der Waals surface area contributed by atoms with Gasteiger partial charge in [-0.3, -0.25) is 14.3 Å². The van der Waals surface area contributed by atoms with Crippen molar-refractivity contribution in [1.29, 1.82) is 0 Å². The Balaban J connectivity index is 1.27. The highest BCUT2D eigenvalue weighted by Gasteiger charge is 2.31. The van der Waals surface area contributed by atoms with Crippen LogP contribution in [0, 0.1) is 0 Å². The third kappa shape index (κ3) is 3.62. The molecule has 3 aromatic heterocycles. The van der Waals surface area contributed by atoms with E-state index in [1.807, 2.05) is 0 Å². The van der Waals surface area contributed by atoms with Crippen LogP contribution < -0.4 is 5.32 Å². The molecule has 1 amide bonds. The minimum Gasteiger partial charge on any atom is -0.348 e. The van der Waals surface area contributed by atoms with Gasteiger partial charge in [-0.15, -0.1) is 0 Å². The number of carbonyl (C=O) groups excluding carboxylic acids is 1. The lowest BCUT2D eigenvalue weighted by molar-refractivity contribution is 0.0904. The van der Waals surface area contributed by atoms with Crippen LogP contribution in [-0.4, -0.2) is 66.1 Å². The Hall–Kier alpha value is -2.81. The van der Waals surface area contributed by atoms with Gasteiger partial charge < -0.3 is 9.72 Å². The summed E-state index contributed by atoms with van der Waals surface area (Å²) < 4.78 is 17.0. The summed E-state index contributed by atoms with van der Waals surface area (Å²) >= 11 is 0. The summed E-state index contributed by atoms with van der Waals surface area (Å²) in [5.74, 6) is 0.383. The fraction of sp³-hybridized carbons (Fsp3) is 0.500. The number of nitrogens with zero attached hydrogens (tertiary/aromatic N) is 6. The summed E-state index contributed by atoms with van der Waals surface area (Å²) in [5, 5.41) is 3.13. The van der Waals surface area contributed by atoms with Gasteiger partial charge in [0.25, 0.3) is 5.91 Å². The van der Waals surface area contributed by atoms with Gasteiger partial charge in [0.15, 0.2) is 11.5 Å². The van der Waals surface area contributed by atoms with Crippen LogP contribution in [0.1, 0.15) is 42.6 Å². The van der Waals surface area contributed by atoms with Gasteiger partial charge in [-0.25, -0.2) is 19.3 Å². The first-order chi connectivity index (χ1) is 14.2. The third-order valence-corrected chi connectivity index (χ3v) is 6.05. The molecule has 1 N–H and O–H groups in total. The van der Waals surface area contributed by atoms with Crippen LogP contribution >= 0.6 is 0 Å². The summed E-state index contributed by atoms with van der Waals surface area (Å²) in [5.41, 5.74) is 1.01. The van der Waals surface area contributed by atoms with Crippen molar-refractivity contribution < 1.29 is 9.18 Å². The van der Waals surface area contributed by atoms with Gasteiger partial charge in [0, 0.05) is 56.2 Å². The lowest BCUT2D eigenvalue weighted by Crippen LogP contribution is -2.43. The Kier molecular flexibility index (Phi) is 4.75. The number of carbonyl (C=O) groups is 1. The second-order valence-electron chi connectivity index (χ2n) is 7.94. The monoisotopic (exact) mass is 397 g/mol. The topological polar surface area (TPSA) is 80.4 Å². The van der Waals surface area contributed by atoms with Crippen LogP contribution in [0.2, 0.25) is 0 Å². The normalized spacial score (nSPS) is 25.5. The smallest absolute Gasteiger partial charge is 0.271 e. The lowest BCUT2D eigenvalue weighted by atomic mass is 9.90. The molecule has 2 fully saturated rings. The van der Waals surface area contributed by atoms with E-state index in [1.165, 1.54) is 0 Å². The van der Waals surface area contributed by atoms with Gasteiger partial charge in [0.05, 0.1) is 0 Å². The molecule has 0 unspecified atom stereocenters. The number of alkyl halides is 1. The van der Waals surface area contributed by atoms with E-state index in [1.54, 1.807) is 46.3 Å². The number of nitrogens with one attached hydrogen (secondary N) is 1. The van der Waals surface area contributed by atoms with Gasteiger partial charge in [0.1, 0.15) is 18.2 Å². The Morgan fingerprint density at radius 1 is 1.14 bits per heavy atom. The van der Waals surface area contributed by atoms with Gasteiger partial charge in [-0.1, -0.05) is 0 Å². The van der Waals surface area contributed by atoms with E-state index in [4.69, 9.17) is 0 Å². The van der Waals surface area contributed by atoms with Crippen molar-refractivity contribution in [3.8, 4) is 5.82 Å². The fourth-order valence-corrected chi connectivity index (χ4v) is 4.50. The van der Waals surface area contributed by atoms with Crippen molar-refractivity contribution in [3.05, 3.63) is 43.0 Å². The van der Waals surface area contributed by atoms with Crippen molar-refractivity contribution in [3.63, 3.8) is 0 Å². The maximum Gasteiger partial charge on any atom is 0.271 e. The summed E-state index contributed by atoms with van der Waals surface area (Å²) in [6.07, 6.45) is 14.0. The molecule has 1 saturated carbocycles. The average Bonchev–Trinajstić information content (AvgIpc) is 3.49. The molecule has 2 aliphatic rings. The van der Waals surface area contributed by atoms with Crippen molar-refractivity contribution in [2.45, 2.75) is 50.4 Å². The van der Waals surface area contributed by atoms with Crippen molar-refractivity contribution in [1.82, 2.24) is 34.1 Å². The Morgan fingerprint density at radius 2 is 2.00 bits per heavy atom. The molecule has 0 bridgehead atoms. The Morgan fingerprint density at radius 3 is 2.72 bits per heavy atom. The number of amides is 1. The Labute approximate surface area is 167 Å². The summed E-state index contributed by atoms with van der Waals surface area (Å²) in [6.45, 7) is 1.42. The minimum absolute atomic E-state index is 0.125. The molecule has 8 nitrogen and oxygen atoms in total. The second-order valence-corrected chi connectivity index (χ2v) is 7.94. The van der Waals surface area contributed by atoms with Crippen LogP contribution in [0.25, 0.3) is 11.5 Å². The maximum absolute atomic E-state index is 13.5. The second kappa shape index (κ2) is 7.55. The molecule has 1 aliphatic heterocycles. The standard InChI is InChI=1S/C20H24FN7O/c21-14-5-8-26(11-14)16-3-1-15(2-4-16)24-20(29)17-12-27-10-7-23-18(27)19(25-17)28-9-6-22-13-28/h6-7,9-10,12-16H,1-5,8,11H2,(H,24,29)/t14-,15?,16?/m0/s1. The zero-order chi connectivity index (χ0) is 19.8. The number of aromatic nitrogens is 5. The lowest BCUT2D eigenvalue weighted by Gasteiger charge is -2.34. The van der Waals surface area contributed by atoms with Crippen molar-refractivity contribution >= 4 is 11.6 Å². The molecule has 1 aliphatic carbocycles. The first-order valence-corrected chi connectivity index (χ1v) is 10.2. The number of halogens is 1. The van der Waals surface area contributed by atoms with Crippen LogP contribution in [0.3, 0.4) is 0 Å². The average molecular weight is 397 g/mol. The highest BCUT2D eigenvalue weighted by Crippen LogP contribution is 2.27. The van der Waals surface area contributed by atoms with Crippen LogP contribution in [0.4, 0.5) is 4.39 Å². The molecule has 4 heterocycles. The number of rotatable bonds is 4. The molecule has 0 spiro atoms. The molecule has 0 radical (unpaired) electrons. The quantitative estimate of drug-likeness (QED) is 0.728.